The average Bonchev–Trinajstić information content (AvgIpc) is 3.23. The van der Waals surface area contributed by atoms with Crippen LogP contribution in [0.5, 0.6) is 16.7 Å². The Morgan fingerprint density at radius 3 is 2.31 bits per heavy atom. The number of allylic oxidation sites excluding steroid dienone is 1. The maximum atomic E-state index is 6.05. The molecule has 0 spiro atoms. The number of aromatic nitrogens is 1. The summed E-state index contributed by atoms with van der Waals surface area (Å²) in [6, 6.07) is 4.09. The summed E-state index contributed by atoms with van der Waals surface area (Å²) < 4.78 is 17.5. The summed E-state index contributed by atoms with van der Waals surface area (Å²) >= 11 is 1.49. The van der Waals surface area contributed by atoms with Crippen LogP contribution in [-0.4, -0.2) is 37.6 Å². The van der Waals surface area contributed by atoms with E-state index in [0.29, 0.717) is 18.4 Å². The normalized spacial score (nSPS) is 11.7. The maximum absolute atomic E-state index is 6.05. The highest BCUT2D eigenvalue weighted by Crippen LogP contribution is 2.28. The zero-order valence-corrected chi connectivity index (χ0v) is 20.8. The average molecular weight is 461 g/mol. The van der Waals surface area contributed by atoms with Gasteiger partial charge in [0.1, 0.15) is 36.6 Å². The molecule has 0 unspecified atom stereocenters. The van der Waals surface area contributed by atoms with Gasteiger partial charge in [-0.15, -0.1) is 0 Å². The van der Waals surface area contributed by atoms with Gasteiger partial charge in [-0.1, -0.05) is 47.9 Å². The predicted octanol–water partition coefficient (Wildman–Crippen LogP) is 6.49. The number of unbranched alkanes of at least 4 members (excludes halogenated alkanes) is 4. The molecule has 1 aromatic carbocycles. The maximum Gasteiger partial charge on any atom is 0.273 e. The molecule has 2 aromatic rings. The van der Waals surface area contributed by atoms with Crippen molar-refractivity contribution in [3.63, 3.8) is 0 Å². The molecule has 32 heavy (non-hydrogen) atoms. The molecule has 1 heterocycles. The first-order valence-electron chi connectivity index (χ1n) is 11.2. The van der Waals surface area contributed by atoms with E-state index in [-0.39, 0.29) is 0 Å². The second-order valence-electron chi connectivity index (χ2n) is 7.59. The lowest BCUT2D eigenvalue weighted by Gasteiger charge is -2.14. The summed E-state index contributed by atoms with van der Waals surface area (Å²) in [4.78, 5) is 9.19. The molecular weight excluding hydrogens is 424 g/mol. The molecule has 2 rings (SSSR count). The number of ether oxygens (including phenoxy) is 3. The summed E-state index contributed by atoms with van der Waals surface area (Å²) in [5.41, 5.74) is 3.78. The van der Waals surface area contributed by atoms with Crippen LogP contribution in [0.4, 0.5) is 0 Å². The van der Waals surface area contributed by atoms with E-state index < -0.39 is 0 Å². The van der Waals surface area contributed by atoms with Crippen molar-refractivity contribution >= 4 is 17.0 Å². The molecule has 176 valence electrons. The zero-order chi connectivity index (χ0) is 23.2. The number of hydrogen-bond donors (Lipinski definition) is 0. The van der Waals surface area contributed by atoms with Crippen molar-refractivity contribution in [3.05, 3.63) is 46.5 Å². The lowest BCUT2D eigenvalue weighted by Crippen LogP contribution is -2.02. The van der Waals surface area contributed by atoms with Crippen LogP contribution in [0.2, 0.25) is 0 Å². The number of hydrogen-bond acceptors (Lipinski definition) is 7. The number of rotatable bonds is 15. The minimum atomic E-state index is 0.592. The smallest absolute Gasteiger partial charge is 0.273 e. The number of oxime groups is 1. The standard InChI is InChI=1S/C25H36N2O4S/c1-6-7-13-29-22-16-19(2)24(20(3)17-22)30-14-11-9-8-10-12-15-31-25-26-23(18-32-25)21(4)27-28-5/h6-7,16-18H,8-15H2,1-5H3/b7-6+,27-21+. The third-order valence-electron chi connectivity index (χ3n) is 4.86. The fourth-order valence-electron chi connectivity index (χ4n) is 3.20. The Hall–Kier alpha value is -2.54. The van der Waals surface area contributed by atoms with Crippen molar-refractivity contribution in [2.75, 3.05) is 26.9 Å². The molecule has 0 aliphatic heterocycles. The van der Waals surface area contributed by atoms with Gasteiger partial charge in [0, 0.05) is 5.38 Å². The number of aryl methyl sites for hydroxylation is 2. The Balaban J connectivity index is 1.57. The Morgan fingerprint density at radius 2 is 1.66 bits per heavy atom. The molecule has 0 atom stereocenters. The van der Waals surface area contributed by atoms with E-state index in [1.807, 2.05) is 43.5 Å². The molecule has 0 aliphatic carbocycles. The highest BCUT2D eigenvalue weighted by Gasteiger charge is 2.08. The fourth-order valence-corrected chi connectivity index (χ4v) is 3.94. The molecule has 0 saturated carbocycles. The lowest BCUT2D eigenvalue weighted by atomic mass is 10.1. The van der Waals surface area contributed by atoms with Crippen LogP contribution in [0, 0.1) is 13.8 Å². The molecule has 0 saturated heterocycles. The summed E-state index contributed by atoms with van der Waals surface area (Å²) in [5, 5.41) is 6.50. The van der Waals surface area contributed by atoms with Gasteiger partial charge < -0.3 is 19.0 Å². The van der Waals surface area contributed by atoms with Gasteiger partial charge in [-0.2, -0.15) is 0 Å². The van der Waals surface area contributed by atoms with Crippen molar-refractivity contribution in [3.8, 4) is 16.7 Å². The van der Waals surface area contributed by atoms with Gasteiger partial charge in [-0.3, -0.25) is 0 Å². The van der Waals surface area contributed by atoms with Gasteiger partial charge in [-0.25, -0.2) is 4.98 Å². The van der Waals surface area contributed by atoms with E-state index in [9.17, 15) is 0 Å². The third kappa shape index (κ3) is 8.91. The van der Waals surface area contributed by atoms with Crippen LogP contribution in [-0.2, 0) is 4.84 Å². The molecule has 0 amide bonds. The summed E-state index contributed by atoms with van der Waals surface area (Å²) in [6.07, 6.45) is 9.51. The molecule has 0 bridgehead atoms. The minimum absolute atomic E-state index is 0.592. The molecular formula is C25H36N2O4S. The summed E-state index contributed by atoms with van der Waals surface area (Å²) in [5.74, 6) is 1.87. The van der Waals surface area contributed by atoms with Crippen molar-refractivity contribution in [2.45, 2.75) is 59.8 Å². The van der Waals surface area contributed by atoms with Gasteiger partial charge >= 0.3 is 0 Å². The van der Waals surface area contributed by atoms with Crippen LogP contribution < -0.4 is 14.2 Å². The Labute approximate surface area is 196 Å². The van der Waals surface area contributed by atoms with Crippen molar-refractivity contribution in [1.82, 2.24) is 4.98 Å². The van der Waals surface area contributed by atoms with E-state index in [2.05, 4.69) is 24.0 Å². The van der Waals surface area contributed by atoms with Gasteiger partial charge in [0.25, 0.3) is 5.19 Å². The summed E-state index contributed by atoms with van der Waals surface area (Å²) in [7, 11) is 1.53. The Bertz CT molecular complexity index is 854. The molecule has 0 N–H and O–H groups in total. The van der Waals surface area contributed by atoms with E-state index in [1.54, 1.807) is 0 Å². The van der Waals surface area contributed by atoms with Gasteiger partial charge in [0.15, 0.2) is 0 Å². The first-order valence-corrected chi connectivity index (χ1v) is 12.1. The van der Waals surface area contributed by atoms with Crippen molar-refractivity contribution in [2.24, 2.45) is 5.16 Å². The lowest BCUT2D eigenvalue weighted by molar-refractivity contribution is 0.213. The van der Waals surface area contributed by atoms with E-state index >= 15 is 0 Å². The van der Waals surface area contributed by atoms with Crippen molar-refractivity contribution in [1.29, 1.82) is 0 Å². The van der Waals surface area contributed by atoms with E-state index in [4.69, 9.17) is 19.0 Å². The number of nitrogens with zero attached hydrogens (tertiary/aromatic N) is 2. The van der Waals surface area contributed by atoms with Gasteiger partial charge in [0.05, 0.1) is 13.2 Å². The second-order valence-corrected chi connectivity index (χ2v) is 8.41. The Morgan fingerprint density at radius 1 is 1.00 bits per heavy atom. The van der Waals surface area contributed by atoms with Crippen LogP contribution in [0.3, 0.4) is 0 Å². The Kier molecular flexibility index (Phi) is 11.7. The SMILES string of the molecule is C/C=C/COc1cc(C)c(OCCCCCCCOc2nc(/C(C)=N/OC)cs2)c(C)c1. The van der Waals surface area contributed by atoms with E-state index in [0.717, 1.165) is 66.3 Å². The third-order valence-corrected chi connectivity index (χ3v) is 5.61. The first-order chi connectivity index (χ1) is 15.5. The highest BCUT2D eigenvalue weighted by molar-refractivity contribution is 7.11. The van der Waals surface area contributed by atoms with Gasteiger partial charge in [0.2, 0.25) is 0 Å². The van der Waals surface area contributed by atoms with Crippen LogP contribution in [0.25, 0.3) is 0 Å². The van der Waals surface area contributed by atoms with Crippen LogP contribution >= 0.6 is 11.3 Å². The highest BCUT2D eigenvalue weighted by atomic mass is 32.1. The van der Waals surface area contributed by atoms with Crippen LogP contribution in [0.15, 0.2) is 34.8 Å². The van der Waals surface area contributed by atoms with Gasteiger partial charge in [-0.05, 0) is 63.8 Å². The molecule has 6 nitrogen and oxygen atoms in total. The predicted molar refractivity (Wildman–Crippen MR) is 132 cm³/mol. The monoisotopic (exact) mass is 460 g/mol. The fraction of sp³-hybridized carbons (Fsp3) is 0.520. The molecule has 1 aromatic heterocycles. The largest absolute Gasteiger partial charge is 0.493 e. The number of benzene rings is 1. The zero-order valence-electron chi connectivity index (χ0n) is 20.0. The minimum Gasteiger partial charge on any atom is -0.493 e. The summed E-state index contributed by atoms with van der Waals surface area (Å²) in [6.45, 7) is 10.0. The quantitative estimate of drug-likeness (QED) is 0.131. The van der Waals surface area contributed by atoms with Crippen molar-refractivity contribution < 1.29 is 19.0 Å². The topological polar surface area (TPSA) is 62.2 Å². The molecule has 0 fully saturated rings. The molecule has 0 radical (unpaired) electrons. The first kappa shape index (κ1) is 25.7. The molecule has 0 aliphatic rings. The number of thiazole rings is 1. The second kappa shape index (κ2) is 14.5. The molecule has 7 heteroatoms. The van der Waals surface area contributed by atoms with E-state index in [1.165, 1.54) is 24.9 Å². The van der Waals surface area contributed by atoms with Crippen LogP contribution in [0.1, 0.15) is 62.8 Å².